The molecule has 1 spiro atoms. The lowest BCUT2D eigenvalue weighted by molar-refractivity contribution is -0.0480. The molecule has 3 aliphatic carbocycles. The molecule has 0 aromatic rings. The molecule has 1 unspecified atom stereocenters. The van der Waals surface area contributed by atoms with E-state index in [-0.39, 0.29) is 0 Å². The quantitative estimate of drug-likeness (QED) is 0.654. The largest absolute Gasteiger partial charge is 0.305 e. The molecule has 92 valence electrons. The van der Waals surface area contributed by atoms with Gasteiger partial charge in [0.2, 0.25) is 0 Å². The second-order valence-corrected chi connectivity index (χ2v) is 7.68. The Morgan fingerprint density at radius 1 is 1.00 bits per heavy atom. The van der Waals surface area contributed by atoms with Gasteiger partial charge in [0.25, 0.3) is 0 Å². The molecule has 3 fully saturated rings. The van der Waals surface area contributed by atoms with Crippen molar-refractivity contribution >= 4 is 0 Å². The lowest BCUT2D eigenvalue weighted by Crippen LogP contribution is -2.55. The van der Waals surface area contributed by atoms with Crippen molar-refractivity contribution in [1.29, 1.82) is 0 Å². The average molecular weight is 221 g/mol. The van der Waals surface area contributed by atoms with E-state index in [1.807, 2.05) is 0 Å². The highest BCUT2D eigenvalue weighted by atomic mass is 15.2. The predicted octanol–water partition coefficient (Wildman–Crippen LogP) is 3.54. The Morgan fingerprint density at radius 3 is 2.00 bits per heavy atom. The summed E-state index contributed by atoms with van der Waals surface area (Å²) in [4.78, 5) is 2.56. The minimum Gasteiger partial charge on any atom is -0.305 e. The molecule has 3 rings (SSSR count). The van der Waals surface area contributed by atoms with Gasteiger partial charge in [-0.05, 0) is 61.9 Å². The Balaban J connectivity index is 2.10. The third kappa shape index (κ3) is 0.903. The number of fused-ring (bicyclic) bond motifs is 3. The molecule has 16 heavy (non-hydrogen) atoms. The molecule has 2 bridgehead atoms. The van der Waals surface area contributed by atoms with Crippen LogP contribution in [0, 0.1) is 22.2 Å². The van der Waals surface area contributed by atoms with Gasteiger partial charge in [-0.1, -0.05) is 27.2 Å². The van der Waals surface area contributed by atoms with Crippen LogP contribution in [0.4, 0.5) is 0 Å². The van der Waals surface area contributed by atoms with Gasteiger partial charge in [0, 0.05) is 6.04 Å². The summed E-state index contributed by atoms with van der Waals surface area (Å²) in [7, 11) is 4.62. The van der Waals surface area contributed by atoms with Crippen LogP contribution in [0.1, 0.15) is 52.9 Å². The highest BCUT2D eigenvalue weighted by Gasteiger charge is 2.73. The van der Waals surface area contributed by atoms with E-state index in [9.17, 15) is 0 Å². The Kier molecular flexibility index (Phi) is 1.98. The van der Waals surface area contributed by atoms with Gasteiger partial charge in [-0.2, -0.15) is 0 Å². The van der Waals surface area contributed by atoms with Gasteiger partial charge in [0.1, 0.15) is 0 Å². The van der Waals surface area contributed by atoms with Crippen LogP contribution < -0.4 is 0 Å². The van der Waals surface area contributed by atoms with Crippen LogP contribution in [0.5, 0.6) is 0 Å². The smallest absolute Gasteiger partial charge is 0.0207 e. The van der Waals surface area contributed by atoms with E-state index in [1.165, 1.54) is 32.1 Å². The van der Waals surface area contributed by atoms with Gasteiger partial charge in [-0.15, -0.1) is 0 Å². The Morgan fingerprint density at radius 2 is 1.62 bits per heavy atom. The molecule has 1 nitrogen and oxygen atoms in total. The van der Waals surface area contributed by atoms with Crippen LogP contribution in [-0.2, 0) is 0 Å². The molecule has 0 radical (unpaired) electrons. The minimum atomic E-state index is 0.557. The molecule has 0 N–H and O–H groups in total. The first kappa shape index (κ1) is 11.1. The fourth-order valence-corrected chi connectivity index (χ4v) is 6.14. The zero-order chi connectivity index (χ0) is 11.8. The van der Waals surface area contributed by atoms with Gasteiger partial charge in [-0.3, -0.25) is 0 Å². The monoisotopic (exact) mass is 221 g/mol. The number of hydrogen-bond donors (Lipinski definition) is 0. The Hall–Kier alpha value is -0.0400. The maximum atomic E-state index is 2.57. The van der Waals surface area contributed by atoms with Crippen molar-refractivity contribution in [1.82, 2.24) is 4.90 Å². The van der Waals surface area contributed by atoms with Crippen molar-refractivity contribution in [3.8, 4) is 0 Å². The number of hydrogen-bond acceptors (Lipinski definition) is 1. The summed E-state index contributed by atoms with van der Waals surface area (Å²) in [6.07, 6.45) is 7.43. The van der Waals surface area contributed by atoms with Crippen molar-refractivity contribution < 1.29 is 0 Å². The van der Waals surface area contributed by atoms with Gasteiger partial charge in [-0.25, -0.2) is 0 Å². The fraction of sp³-hybridized carbons (Fsp3) is 1.00. The first-order chi connectivity index (χ1) is 7.36. The van der Waals surface area contributed by atoms with Crippen LogP contribution in [0.3, 0.4) is 0 Å². The zero-order valence-corrected chi connectivity index (χ0v) is 11.6. The van der Waals surface area contributed by atoms with E-state index in [2.05, 4.69) is 39.8 Å². The Bertz CT molecular complexity index is 313. The summed E-state index contributed by atoms with van der Waals surface area (Å²) in [5.74, 6) is 0.992. The van der Waals surface area contributed by atoms with Crippen molar-refractivity contribution in [3.05, 3.63) is 0 Å². The second-order valence-electron chi connectivity index (χ2n) is 7.68. The molecule has 0 aromatic heterocycles. The predicted molar refractivity (Wildman–Crippen MR) is 68.4 cm³/mol. The summed E-state index contributed by atoms with van der Waals surface area (Å²) >= 11 is 0. The van der Waals surface area contributed by atoms with E-state index >= 15 is 0 Å². The summed E-state index contributed by atoms with van der Waals surface area (Å²) in [6.45, 7) is 7.67. The van der Waals surface area contributed by atoms with E-state index in [1.54, 1.807) is 0 Å². The topological polar surface area (TPSA) is 3.24 Å². The maximum absolute atomic E-state index is 2.57. The van der Waals surface area contributed by atoms with E-state index in [0.29, 0.717) is 16.2 Å². The van der Waals surface area contributed by atoms with Crippen molar-refractivity contribution in [3.63, 3.8) is 0 Å². The van der Waals surface area contributed by atoms with Gasteiger partial charge < -0.3 is 4.90 Å². The third-order valence-electron chi connectivity index (χ3n) is 6.94. The van der Waals surface area contributed by atoms with E-state index < -0.39 is 0 Å². The number of rotatable bonds is 1. The minimum absolute atomic E-state index is 0.557. The summed E-state index contributed by atoms with van der Waals surface area (Å²) in [5, 5.41) is 0. The summed E-state index contributed by atoms with van der Waals surface area (Å²) in [5.41, 5.74) is 1.81. The molecule has 0 aliphatic heterocycles. The standard InChI is InChI=1S/C15H27N/c1-13(2)11-7-10-14(13,3)12(16(4)5)15(11)8-6-9-15/h11-12H,6-10H2,1-5H3/t11-,12?,14-/m0/s1. The van der Waals surface area contributed by atoms with E-state index in [4.69, 9.17) is 0 Å². The molecule has 0 heterocycles. The molecule has 3 saturated carbocycles. The lowest BCUT2D eigenvalue weighted by atomic mass is 9.55. The third-order valence-corrected chi connectivity index (χ3v) is 6.94. The van der Waals surface area contributed by atoms with Crippen LogP contribution in [-0.4, -0.2) is 25.0 Å². The molecule has 1 heteroatoms. The molecule has 0 aromatic carbocycles. The van der Waals surface area contributed by atoms with E-state index in [0.717, 1.165) is 12.0 Å². The summed E-state index contributed by atoms with van der Waals surface area (Å²) < 4.78 is 0. The molecular weight excluding hydrogens is 194 g/mol. The molecule has 0 saturated heterocycles. The molecule has 3 atom stereocenters. The van der Waals surface area contributed by atoms with Gasteiger partial charge in [0.05, 0.1) is 0 Å². The highest BCUT2D eigenvalue weighted by molar-refractivity contribution is 5.24. The Labute approximate surface area is 101 Å². The van der Waals surface area contributed by atoms with Crippen LogP contribution in [0.2, 0.25) is 0 Å². The lowest BCUT2D eigenvalue weighted by Gasteiger charge is -2.55. The van der Waals surface area contributed by atoms with Crippen LogP contribution >= 0.6 is 0 Å². The van der Waals surface area contributed by atoms with Crippen LogP contribution in [0.25, 0.3) is 0 Å². The molecule has 0 amide bonds. The first-order valence-corrected chi connectivity index (χ1v) is 7.03. The van der Waals surface area contributed by atoms with Crippen molar-refractivity contribution in [2.75, 3.05) is 14.1 Å². The highest BCUT2D eigenvalue weighted by Crippen LogP contribution is 2.77. The normalized spacial score (nSPS) is 47.6. The first-order valence-electron chi connectivity index (χ1n) is 7.03. The molecule has 3 aliphatic rings. The van der Waals surface area contributed by atoms with Gasteiger partial charge >= 0.3 is 0 Å². The van der Waals surface area contributed by atoms with Crippen LogP contribution in [0.15, 0.2) is 0 Å². The summed E-state index contributed by atoms with van der Waals surface area (Å²) in [6, 6.07) is 0.836. The fourth-order valence-electron chi connectivity index (χ4n) is 6.14. The van der Waals surface area contributed by atoms with Crippen molar-refractivity contribution in [2.45, 2.75) is 58.9 Å². The van der Waals surface area contributed by atoms with Gasteiger partial charge in [0.15, 0.2) is 0 Å². The molecular formula is C15H27N. The second kappa shape index (κ2) is 2.85. The zero-order valence-electron chi connectivity index (χ0n) is 11.6. The average Bonchev–Trinajstić information content (AvgIpc) is 2.42. The van der Waals surface area contributed by atoms with Crippen molar-refractivity contribution in [2.24, 2.45) is 22.2 Å². The number of nitrogens with zero attached hydrogens (tertiary/aromatic N) is 1. The SMILES string of the molecule is CN(C)C1C2(CCC2)[C@H]2CC[C@]1(C)C2(C)C. The maximum Gasteiger partial charge on any atom is 0.0207 e.